The van der Waals surface area contributed by atoms with Crippen molar-refractivity contribution in [1.82, 2.24) is 5.32 Å². The van der Waals surface area contributed by atoms with Gasteiger partial charge in [-0.05, 0) is 49.4 Å². The standard InChI is InChI=1S/C17H20FNO2/c1-11-5-6-12(9-16(11)21-4)17(19-2)14-10-13(18)7-8-15(14)20-3/h5-10,17,19H,1-4H3. The summed E-state index contributed by atoms with van der Waals surface area (Å²) in [5, 5.41) is 3.21. The number of benzene rings is 2. The molecule has 1 N–H and O–H groups in total. The number of hydrogen-bond acceptors (Lipinski definition) is 3. The lowest BCUT2D eigenvalue weighted by Gasteiger charge is -2.21. The lowest BCUT2D eigenvalue weighted by molar-refractivity contribution is 0.402. The quantitative estimate of drug-likeness (QED) is 0.914. The molecule has 0 saturated heterocycles. The van der Waals surface area contributed by atoms with E-state index in [1.54, 1.807) is 20.3 Å². The van der Waals surface area contributed by atoms with Gasteiger partial charge in [0.05, 0.1) is 20.3 Å². The SMILES string of the molecule is CNC(c1ccc(C)c(OC)c1)c1cc(F)ccc1OC. The molecular weight excluding hydrogens is 269 g/mol. The van der Waals surface area contributed by atoms with Crippen LogP contribution in [0.15, 0.2) is 36.4 Å². The smallest absolute Gasteiger partial charge is 0.124 e. The number of hydrogen-bond donors (Lipinski definition) is 1. The van der Waals surface area contributed by atoms with Gasteiger partial charge in [-0.3, -0.25) is 0 Å². The molecule has 0 saturated carbocycles. The van der Waals surface area contributed by atoms with Gasteiger partial charge in [-0.15, -0.1) is 0 Å². The average molecular weight is 289 g/mol. The number of nitrogens with one attached hydrogen (secondary N) is 1. The molecule has 0 aliphatic carbocycles. The van der Waals surface area contributed by atoms with Crippen molar-refractivity contribution < 1.29 is 13.9 Å². The Bertz CT molecular complexity index is 628. The van der Waals surface area contributed by atoms with Crippen LogP contribution in [0, 0.1) is 12.7 Å². The maximum atomic E-state index is 13.6. The molecular formula is C17H20FNO2. The fourth-order valence-electron chi connectivity index (χ4n) is 2.45. The molecule has 0 aliphatic heterocycles. The Kier molecular flexibility index (Phi) is 4.81. The molecule has 0 bridgehead atoms. The van der Waals surface area contributed by atoms with Crippen LogP contribution in [0.25, 0.3) is 0 Å². The largest absolute Gasteiger partial charge is 0.496 e. The molecule has 0 amide bonds. The fourth-order valence-corrected chi connectivity index (χ4v) is 2.45. The minimum atomic E-state index is -0.287. The Morgan fingerprint density at radius 3 is 2.33 bits per heavy atom. The molecule has 21 heavy (non-hydrogen) atoms. The van der Waals surface area contributed by atoms with Gasteiger partial charge in [-0.2, -0.15) is 0 Å². The first-order valence-corrected chi connectivity index (χ1v) is 6.76. The van der Waals surface area contributed by atoms with E-state index in [0.29, 0.717) is 5.75 Å². The van der Waals surface area contributed by atoms with Crippen molar-refractivity contribution in [2.45, 2.75) is 13.0 Å². The summed E-state index contributed by atoms with van der Waals surface area (Å²) in [5.74, 6) is 1.17. The van der Waals surface area contributed by atoms with Crippen LogP contribution in [0.5, 0.6) is 11.5 Å². The summed E-state index contributed by atoms with van der Waals surface area (Å²) in [6.45, 7) is 1.99. The molecule has 3 nitrogen and oxygen atoms in total. The summed E-state index contributed by atoms with van der Waals surface area (Å²) in [7, 11) is 5.06. The van der Waals surface area contributed by atoms with Gasteiger partial charge in [0.25, 0.3) is 0 Å². The molecule has 1 unspecified atom stereocenters. The number of rotatable bonds is 5. The number of aryl methyl sites for hydroxylation is 1. The summed E-state index contributed by atoms with van der Waals surface area (Å²) in [4.78, 5) is 0. The van der Waals surface area contributed by atoms with Crippen molar-refractivity contribution in [3.05, 3.63) is 58.9 Å². The van der Waals surface area contributed by atoms with Gasteiger partial charge in [-0.1, -0.05) is 12.1 Å². The van der Waals surface area contributed by atoms with Gasteiger partial charge in [0.1, 0.15) is 17.3 Å². The third-order valence-electron chi connectivity index (χ3n) is 3.56. The van der Waals surface area contributed by atoms with Crippen LogP contribution in [0.1, 0.15) is 22.7 Å². The summed E-state index contributed by atoms with van der Waals surface area (Å²) in [6.07, 6.45) is 0. The summed E-state index contributed by atoms with van der Waals surface area (Å²) in [5.41, 5.74) is 2.80. The average Bonchev–Trinajstić information content (AvgIpc) is 2.50. The first-order chi connectivity index (χ1) is 10.1. The fraction of sp³-hybridized carbons (Fsp3) is 0.294. The molecule has 0 aliphatic rings. The normalized spacial score (nSPS) is 12.0. The Morgan fingerprint density at radius 1 is 1.00 bits per heavy atom. The van der Waals surface area contributed by atoms with E-state index in [1.807, 2.05) is 32.2 Å². The summed E-state index contributed by atoms with van der Waals surface area (Å²) in [6, 6.07) is 10.3. The zero-order chi connectivity index (χ0) is 15.4. The minimum Gasteiger partial charge on any atom is -0.496 e. The molecule has 2 rings (SSSR count). The lowest BCUT2D eigenvalue weighted by atomic mass is 9.96. The molecule has 112 valence electrons. The Morgan fingerprint density at radius 2 is 1.71 bits per heavy atom. The van der Waals surface area contributed by atoms with Crippen molar-refractivity contribution in [2.75, 3.05) is 21.3 Å². The number of halogens is 1. The van der Waals surface area contributed by atoms with E-state index in [0.717, 1.165) is 22.4 Å². The van der Waals surface area contributed by atoms with Crippen LogP contribution in [-0.4, -0.2) is 21.3 Å². The lowest BCUT2D eigenvalue weighted by Crippen LogP contribution is -2.18. The van der Waals surface area contributed by atoms with E-state index in [1.165, 1.54) is 12.1 Å². The van der Waals surface area contributed by atoms with Gasteiger partial charge in [0.15, 0.2) is 0 Å². The van der Waals surface area contributed by atoms with Crippen LogP contribution in [0.4, 0.5) is 4.39 Å². The highest BCUT2D eigenvalue weighted by atomic mass is 19.1. The highest BCUT2D eigenvalue weighted by molar-refractivity contribution is 5.45. The van der Waals surface area contributed by atoms with Crippen molar-refractivity contribution in [1.29, 1.82) is 0 Å². The van der Waals surface area contributed by atoms with Crippen LogP contribution < -0.4 is 14.8 Å². The van der Waals surface area contributed by atoms with E-state index in [4.69, 9.17) is 9.47 Å². The van der Waals surface area contributed by atoms with Gasteiger partial charge in [0.2, 0.25) is 0 Å². The summed E-state index contributed by atoms with van der Waals surface area (Å²) < 4.78 is 24.3. The number of methoxy groups -OCH3 is 2. The third-order valence-corrected chi connectivity index (χ3v) is 3.56. The van der Waals surface area contributed by atoms with Crippen molar-refractivity contribution in [3.63, 3.8) is 0 Å². The van der Waals surface area contributed by atoms with Crippen molar-refractivity contribution >= 4 is 0 Å². The zero-order valence-electron chi connectivity index (χ0n) is 12.7. The maximum absolute atomic E-state index is 13.6. The molecule has 1 atom stereocenters. The van der Waals surface area contributed by atoms with Gasteiger partial charge in [-0.25, -0.2) is 4.39 Å². The zero-order valence-corrected chi connectivity index (χ0v) is 12.7. The topological polar surface area (TPSA) is 30.5 Å². The van der Waals surface area contributed by atoms with Crippen LogP contribution in [0.2, 0.25) is 0 Å². The van der Waals surface area contributed by atoms with E-state index in [9.17, 15) is 4.39 Å². The van der Waals surface area contributed by atoms with Crippen LogP contribution in [-0.2, 0) is 0 Å². The van der Waals surface area contributed by atoms with Gasteiger partial charge < -0.3 is 14.8 Å². The van der Waals surface area contributed by atoms with E-state index >= 15 is 0 Å². The van der Waals surface area contributed by atoms with Crippen LogP contribution >= 0.6 is 0 Å². The van der Waals surface area contributed by atoms with E-state index in [-0.39, 0.29) is 11.9 Å². The van der Waals surface area contributed by atoms with Gasteiger partial charge >= 0.3 is 0 Å². The first kappa shape index (κ1) is 15.3. The molecule has 0 fully saturated rings. The van der Waals surface area contributed by atoms with Gasteiger partial charge in [0, 0.05) is 5.56 Å². The molecule has 2 aromatic carbocycles. The van der Waals surface area contributed by atoms with E-state index in [2.05, 4.69) is 5.32 Å². The second kappa shape index (κ2) is 6.59. The molecule has 4 heteroatoms. The first-order valence-electron chi connectivity index (χ1n) is 6.76. The third kappa shape index (κ3) is 3.16. The predicted molar refractivity (Wildman–Crippen MR) is 81.6 cm³/mol. The Balaban J connectivity index is 2.51. The number of ether oxygens (including phenoxy) is 2. The monoisotopic (exact) mass is 289 g/mol. The van der Waals surface area contributed by atoms with E-state index < -0.39 is 0 Å². The molecule has 2 aromatic rings. The molecule has 0 spiro atoms. The second-order valence-electron chi connectivity index (χ2n) is 4.84. The highest BCUT2D eigenvalue weighted by Crippen LogP contribution is 2.32. The second-order valence-corrected chi connectivity index (χ2v) is 4.84. The van der Waals surface area contributed by atoms with Crippen molar-refractivity contribution in [2.24, 2.45) is 0 Å². The molecule has 0 aromatic heterocycles. The van der Waals surface area contributed by atoms with Crippen molar-refractivity contribution in [3.8, 4) is 11.5 Å². The predicted octanol–water partition coefficient (Wildman–Crippen LogP) is 3.46. The maximum Gasteiger partial charge on any atom is 0.124 e. The molecule has 0 radical (unpaired) electrons. The summed E-state index contributed by atoms with van der Waals surface area (Å²) >= 11 is 0. The molecule has 0 heterocycles. The Labute approximate surface area is 124 Å². The highest BCUT2D eigenvalue weighted by Gasteiger charge is 2.18. The minimum absolute atomic E-state index is 0.176. The Hall–Kier alpha value is -2.07. The van der Waals surface area contributed by atoms with Crippen LogP contribution in [0.3, 0.4) is 0 Å².